The van der Waals surface area contributed by atoms with E-state index in [4.69, 9.17) is 0 Å². The first-order valence-corrected chi connectivity index (χ1v) is 5.66. The van der Waals surface area contributed by atoms with E-state index in [0.717, 1.165) is 19.5 Å². The first-order chi connectivity index (χ1) is 7.59. The minimum atomic E-state index is -0.883. The van der Waals surface area contributed by atoms with Gasteiger partial charge in [0.2, 0.25) is 0 Å². The summed E-state index contributed by atoms with van der Waals surface area (Å²) in [5, 5.41) is 16.7. The van der Waals surface area contributed by atoms with Crippen LogP contribution in [0, 0.1) is 5.92 Å². The monoisotopic (exact) mass is 223 g/mol. The molecule has 0 atom stereocenters. The Bertz CT molecular complexity index is 410. The van der Waals surface area contributed by atoms with E-state index in [1.807, 2.05) is 0 Å². The highest BCUT2D eigenvalue weighted by molar-refractivity contribution is 5.94. The molecule has 1 aromatic rings. The molecule has 0 amide bonds. The van der Waals surface area contributed by atoms with Crippen LogP contribution in [0.4, 0.5) is 5.82 Å². The molecule has 0 radical (unpaired) electrons. The van der Waals surface area contributed by atoms with Gasteiger partial charge >= 0.3 is 5.97 Å². The number of aromatic nitrogens is 2. The Morgan fingerprint density at radius 3 is 3.00 bits per heavy atom. The summed E-state index contributed by atoms with van der Waals surface area (Å²) in [4.78, 5) is 11.2. The zero-order valence-electron chi connectivity index (χ0n) is 9.66. The Morgan fingerprint density at radius 1 is 1.62 bits per heavy atom. The molecule has 0 saturated heterocycles. The number of carbonyl (C=O) groups is 1. The van der Waals surface area contributed by atoms with Gasteiger partial charge in [-0.1, -0.05) is 13.8 Å². The van der Waals surface area contributed by atoms with Gasteiger partial charge in [-0.2, -0.15) is 5.10 Å². The zero-order chi connectivity index (χ0) is 11.7. The largest absolute Gasteiger partial charge is 0.477 e. The van der Waals surface area contributed by atoms with Gasteiger partial charge in [-0.25, -0.2) is 9.48 Å². The van der Waals surface area contributed by atoms with E-state index < -0.39 is 5.97 Å². The standard InChI is InChI=1S/C11H17N3O2/c1-7(2)6-8-9(11(15)16)10-12-4-3-5-14(10)13-8/h7,12H,3-6H2,1-2H3,(H,15,16). The minimum absolute atomic E-state index is 0.355. The van der Waals surface area contributed by atoms with Gasteiger partial charge in [-0.15, -0.1) is 0 Å². The summed E-state index contributed by atoms with van der Waals surface area (Å²) in [5.41, 5.74) is 1.06. The van der Waals surface area contributed by atoms with Crippen molar-refractivity contribution in [2.45, 2.75) is 33.2 Å². The van der Waals surface area contributed by atoms with Gasteiger partial charge < -0.3 is 10.4 Å². The van der Waals surface area contributed by atoms with Crippen molar-refractivity contribution >= 4 is 11.8 Å². The highest BCUT2D eigenvalue weighted by Gasteiger charge is 2.25. The second kappa shape index (κ2) is 4.15. The van der Waals surface area contributed by atoms with Crippen LogP contribution in [0.2, 0.25) is 0 Å². The minimum Gasteiger partial charge on any atom is -0.477 e. The number of fused-ring (bicyclic) bond motifs is 1. The lowest BCUT2D eigenvalue weighted by atomic mass is 10.0. The molecule has 5 heteroatoms. The van der Waals surface area contributed by atoms with Gasteiger partial charge in [0.1, 0.15) is 11.4 Å². The van der Waals surface area contributed by atoms with Crippen molar-refractivity contribution in [2.75, 3.05) is 11.9 Å². The molecule has 0 aromatic carbocycles. The lowest BCUT2D eigenvalue weighted by Gasteiger charge is -2.15. The van der Waals surface area contributed by atoms with Crippen molar-refractivity contribution in [3.8, 4) is 0 Å². The highest BCUT2D eigenvalue weighted by atomic mass is 16.4. The summed E-state index contributed by atoms with van der Waals surface area (Å²) < 4.78 is 1.78. The summed E-state index contributed by atoms with van der Waals surface area (Å²) in [6.07, 6.45) is 1.71. The average molecular weight is 223 g/mol. The van der Waals surface area contributed by atoms with E-state index in [1.165, 1.54) is 0 Å². The third-order valence-corrected chi connectivity index (χ3v) is 2.68. The number of nitrogens with one attached hydrogen (secondary N) is 1. The maximum atomic E-state index is 11.2. The van der Waals surface area contributed by atoms with Gasteiger partial charge in [-0.3, -0.25) is 0 Å². The Kier molecular flexibility index (Phi) is 2.85. The molecule has 0 saturated carbocycles. The molecule has 88 valence electrons. The second-order valence-corrected chi connectivity index (χ2v) is 4.58. The average Bonchev–Trinajstić information content (AvgIpc) is 2.53. The number of hydrogen-bond acceptors (Lipinski definition) is 3. The van der Waals surface area contributed by atoms with Crippen LogP contribution in [0.3, 0.4) is 0 Å². The summed E-state index contributed by atoms with van der Waals surface area (Å²) in [5.74, 6) is 0.204. The van der Waals surface area contributed by atoms with Crippen LogP contribution in [-0.2, 0) is 13.0 Å². The van der Waals surface area contributed by atoms with Gasteiger partial charge in [0.15, 0.2) is 0 Å². The molecular formula is C11H17N3O2. The predicted octanol–water partition coefficient (Wildman–Crippen LogP) is 1.60. The lowest BCUT2D eigenvalue weighted by molar-refractivity contribution is 0.0696. The predicted molar refractivity (Wildman–Crippen MR) is 60.8 cm³/mol. The molecule has 2 N–H and O–H groups in total. The third kappa shape index (κ3) is 1.89. The number of anilines is 1. The first-order valence-electron chi connectivity index (χ1n) is 5.66. The molecule has 0 unspecified atom stereocenters. The number of hydrogen-bond donors (Lipinski definition) is 2. The van der Waals surface area contributed by atoms with Crippen molar-refractivity contribution < 1.29 is 9.90 Å². The van der Waals surface area contributed by atoms with Crippen LogP contribution in [0.25, 0.3) is 0 Å². The Hall–Kier alpha value is -1.52. The first kappa shape index (κ1) is 11.0. The molecule has 0 bridgehead atoms. The Morgan fingerprint density at radius 2 is 2.38 bits per heavy atom. The quantitative estimate of drug-likeness (QED) is 0.816. The topological polar surface area (TPSA) is 67.2 Å². The van der Waals surface area contributed by atoms with Crippen LogP contribution in [0.1, 0.15) is 36.3 Å². The van der Waals surface area contributed by atoms with Crippen molar-refractivity contribution in [1.29, 1.82) is 0 Å². The number of rotatable bonds is 3. The summed E-state index contributed by atoms with van der Waals surface area (Å²) in [6.45, 7) is 5.77. The lowest BCUT2D eigenvalue weighted by Crippen LogP contribution is -2.19. The van der Waals surface area contributed by atoms with Gasteiger partial charge in [0.25, 0.3) is 0 Å². The molecule has 1 aliphatic heterocycles. The number of aryl methyl sites for hydroxylation is 1. The molecule has 0 fully saturated rings. The third-order valence-electron chi connectivity index (χ3n) is 2.68. The Labute approximate surface area is 94.5 Å². The SMILES string of the molecule is CC(C)Cc1nn2c(c1C(=O)O)NCCC2. The normalized spacial score (nSPS) is 14.7. The maximum Gasteiger partial charge on any atom is 0.341 e. The van der Waals surface area contributed by atoms with E-state index >= 15 is 0 Å². The number of carboxylic acid groups (broad SMARTS) is 1. The molecule has 0 aliphatic carbocycles. The number of nitrogens with zero attached hydrogens (tertiary/aromatic N) is 2. The molecule has 2 heterocycles. The fraction of sp³-hybridized carbons (Fsp3) is 0.636. The zero-order valence-corrected chi connectivity index (χ0v) is 9.66. The molecule has 0 spiro atoms. The van der Waals surface area contributed by atoms with Crippen molar-refractivity contribution in [3.05, 3.63) is 11.3 Å². The molecule has 2 rings (SSSR count). The van der Waals surface area contributed by atoms with Crippen molar-refractivity contribution in [3.63, 3.8) is 0 Å². The highest BCUT2D eigenvalue weighted by Crippen LogP contribution is 2.25. The molecule has 5 nitrogen and oxygen atoms in total. The number of aromatic carboxylic acids is 1. The van der Waals surface area contributed by atoms with E-state index in [-0.39, 0.29) is 0 Å². The van der Waals surface area contributed by atoms with Crippen LogP contribution >= 0.6 is 0 Å². The van der Waals surface area contributed by atoms with Crippen LogP contribution in [0.15, 0.2) is 0 Å². The van der Waals surface area contributed by atoms with E-state index in [9.17, 15) is 9.90 Å². The molecule has 1 aromatic heterocycles. The summed E-state index contributed by atoms with van der Waals surface area (Å²) in [6, 6.07) is 0. The van der Waals surface area contributed by atoms with Crippen LogP contribution in [0.5, 0.6) is 0 Å². The fourth-order valence-electron chi connectivity index (χ4n) is 2.04. The van der Waals surface area contributed by atoms with Gasteiger partial charge in [0.05, 0.1) is 5.69 Å². The maximum absolute atomic E-state index is 11.2. The van der Waals surface area contributed by atoms with Crippen molar-refractivity contribution in [2.24, 2.45) is 5.92 Å². The van der Waals surface area contributed by atoms with E-state index in [2.05, 4.69) is 24.3 Å². The Balaban J connectivity index is 2.43. The fourth-order valence-corrected chi connectivity index (χ4v) is 2.04. The summed E-state index contributed by atoms with van der Waals surface area (Å²) >= 11 is 0. The van der Waals surface area contributed by atoms with E-state index in [1.54, 1.807) is 4.68 Å². The van der Waals surface area contributed by atoms with Crippen LogP contribution in [-0.4, -0.2) is 27.4 Å². The van der Waals surface area contributed by atoms with Crippen molar-refractivity contribution in [1.82, 2.24) is 9.78 Å². The molecular weight excluding hydrogens is 206 g/mol. The smallest absolute Gasteiger partial charge is 0.341 e. The molecule has 16 heavy (non-hydrogen) atoms. The molecule has 1 aliphatic rings. The van der Waals surface area contributed by atoms with E-state index in [0.29, 0.717) is 29.4 Å². The number of carboxylic acids is 1. The second-order valence-electron chi connectivity index (χ2n) is 4.58. The van der Waals surface area contributed by atoms with Crippen LogP contribution < -0.4 is 5.32 Å². The summed E-state index contributed by atoms with van der Waals surface area (Å²) in [7, 11) is 0. The van der Waals surface area contributed by atoms with Gasteiger partial charge in [0, 0.05) is 13.1 Å². The van der Waals surface area contributed by atoms with Gasteiger partial charge in [-0.05, 0) is 18.8 Å².